The van der Waals surface area contributed by atoms with Crippen LogP contribution < -0.4 is 21.3 Å². The summed E-state index contributed by atoms with van der Waals surface area (Å²) in [6, 6.07) is 7.48. The number of aryl methyl sites for hydroxylation is 2. The molecule has 0 fully saturated rings. The lowest BCUT2D eigenvalue weighted by molar-refractivity contribution is -0.118. The molecule has 0 atom stereocenters. The van der Waals surface area contributed by atoms with Crippen molar-refractivity contribution in [1.29, 1.82) is 0 Å². The summed E-state index contributed by atoms with van der Waals surface area (Å²) in [6.07, 6.45) is 3.91. The molecular weight excluding hydrogens is 338 g/mol. The second-order valence-corrected chi connectivity index (χ2v) is 7.14. The molecule has 0 spiro atoms. The summed E-state index contributed by atoms with van der Waals surface area (Å²) < 4.78 is 5.49. The van der Waals surface area contributed by atoms with Crippen LogP contribution >= 0.6 is 11.3 Å². The quantitative estimate of drug-likeness (QED) is 0.434. The molecule has 1 aliphatic rings. The van der Waals surface area contributed by atoms with Gasteiger partial charge in [-0.25, -0.2) is 5.84 Å². The molecule has 0 aliphatic heterocycles. The van der Waals surface area contributed by atoms with Crippen LogP contribution in [0.15, 0.2) is 24.3 Å². The van der Waals surface area contributed by atoms with Crippen LogP contribution in [0.4, 0.5) is 5.00 Å². The molecule has 1 heterocycles. The topological polar surface area (TPSA) is 93.4 Å². The van der Waals surface area contributed by atoms with E-state index in [4.69, 9.17) is 10.6 Å². The van der Waals surface area contributed by atoms with Crippen LogP contribution in [0, 0.1) is 6.92 Å². The zero-order valence-corrected chi connectivity index (χ0v) is 14.9. The number of amides is 2. The predicted octanol–water partition coefficient (Wildman–Crippen LogP) is 2.56. The molecule has 1 aromatic carbocycles. The molecule has 0 saturated heterocycles. The summed E-state index contributed by atoms with van der Waals surface area (Å²) in [7, 11) is 0. The first-order valence-electron chi connectivity index (χ1n) is 8.23. The van der Waals surface area contributed by atoms with Crippen LogP contribution in [-0.4, -0.2) is 18.4 Å². The average molecular weight is 359 g/mol. The van der Waals surface area contributed by atoms with E-state index in [9.17, 15) is 9.59 Å². The monoisotopic (exact) mass is 359 g/mol. The summed E-state index contributed by atoms with van der Waals surface area (Å²) in [6.45, 7) is 1.87. The fourth-order valence-electron chi connectivity index (χ4n) is 2.91. The molecule has 2 amide bonds. The van der Waals surface area contributed by atoms with Crippen molar-refractivity contribution in [3.05, 3.63) is 45.8 Å². The van der Waals surface area contributed by atoms with E-state index in [1.54, 1.807) is 0 Å². The van der Waals surface area contributed by atoms with Gasteiger partial charge in [-0.05, 0) is 50.3 Å². The fourth-order valence-corrected chi connectivity index (χ4v) is 4.22. The van der Waals surface area contributed by atoms with Crippen molar-refractivity contribution in [3.8, 4) is 5.75 Å². The third-order valence-electron chi connectivity index (χ3n) is 4.17. The minimum Gasteiger partial charge on any atom is -0.484 e. The first-order chi connectivity index (χ1) is 12.1. The maximum atomic E-state index is 12.2. The largest absolute Gasteiger partial charge is 0.484 e. The molecule has 7 heteroatoms. The molecular formula is C18H21N3O3S. The number of carbonyl (C=O) groups is 2. The number of benzene rings is 1. The van der Waals surface area contributed by atoms with Gasteiger partial charge >= 0.3 is 0 Å². The number of rotatable bonds is 5. The molecule has 132 valence electrons. The first kappa shape index (κ1) is 17.4. The average Bonchev–Trinajstić information content (AvgIpc) is 2.98. The van der Waals surface area contributed by atoms with E-state index in [0.29, 0.717) is 16.3 Å². The Morgan fingerprint density at radius 1 is 1.20 bits per heavy atom. The molecule has 0 radical (unpaired) electrons. The zero-order chi connectivity index (χ0) is 17.8. The van der Waals surface area contributed by atoms with Gasteiger partial charge in [0, 0.05) is 4.88 Å². The van der Waals surface area contributed by atoms with Gasteiger partial charge in [-0.15, -0.1) is 11.3 Å². The maximum absolute atomic E-state index is 12.2. The van der Waals surface area contributed by atoms with Crippen LogP contribution in [0.3, 0.4) is 0 Å². The normalized spacial score (nSPS) is 13.0. The summed E-state index contributed by atoms with van der Waals surface area (Å²) in [4.78, 5) is 25.5. The standard InChI is InChI=1S/C18H21N3O3S/c1-11-6-8-12(9-7-11)24-10-15(22)20-18-16(17(23)21-19)13-4-2-3-5-14(13)25-18/h6-9H,2-5,10,19H2,1H3,(H,20,22)(H,21,23). The van der Waals surface area contributed by atoms with Crippen LogP contribution in [0.5, 0.6) is 5.75 Å². The number of fused-ring (bicyclic) bond motifs is 1. The highest BCUT2D eigenvalue weighted by Gasteiger charge is 2.25. The Kier molecular flexibility index (Phi) is 5.35. The van der Waals surface area contributed by atoms with E-state index in [2.05, 4.69) is 10.7 Å². The Morgan fingerprint density at radius 2 is 1.92 bits per heavy atom. The molecule has 6 nitrogen and oxygen atoms in total. The van der Waals surface area contributed by atoms with Crippen LogP contribution in [0.25, 0.3) is 0 Å². The van der Waals surface area contributed by atoms with E-state index in [0.717, 1.165) is 41.7 Å². The fraction of sp³-hybridized carbons (Fsp3) is 0.333. The summed E-state index contributed by atoms with van der Waals surface area (Å²) >= 11 is 1.45. The highest BCUT2D eigenvalue weighted by molar-refractivity contribution is 7.17. The number of hydrogen-bond acceptors (Lipinski definition) is 5. The van der Waals surface area contributed by atoms with E-state index < -0.39 is 0 Å². The van der Waals surface area contributed by atoms with Crippen LogP contribution in [0.1, 0.15) is 39.2 Å². The van der Waals surface area contributed by atoms with Gasteiger partial charge in [0.05, 0.1) is 5.56 Å². The molecule has 1 aliphatic carbocycles. The van der Waals surface area contributed by atoms with Crippen molar-refractivity contribution in [1.82, 2.24) is 5.43 Å². The molecule has 0 saturated carbocycles. The predicted molar refractivity (Wildman–Crippen MR) is 97.9 cm³/mol. The molecule has 25 heavy (non-hydrogen) atoms. The Balaban J connectivity index is 1.71. The van der Waals surface area contributed by atoms with E-state index >= 15 is 0 Å². The number of hydrazine groups is 1. The van der Waals surface area contributed by atoms with Gasteiger partial charge in [0.2, 0.25) is 0 Å². The first-order valence-corrected chi connectivity index (χ1v) is 9.05. The van der Waals surface area contributed by atoms with Crippen LogP contribution in [0.2, 0.25) is 0 Å². The Morgan fingerprint density at radius 3 is 2.64 bits per heavy atom. The van der Waals surface area contributed by atoms with Gasteiger partial charge in [-0.2, -0.15) is 0 Å². The number of thiophene rings is 1. The van der Waals surface area contributed by atoms with Gasteiger partial charge in [-0.3, -0.25) is 15.0 Å². The maximum Gasteiger partial charge on any atom is 0.268 e. The number of nitrogens with one attached hydrogen (secondary N) is 2. The molecule has 0 bridgehead atoms. The van der Waals surface area contributed by atoms with Gasteiger partial charge in [-0.1, -0.05) is 17.7 Å². The lowest BCUT2D eigenvalue weighted by atomic mass is 9.95. The Hall–Kier alpha value is -2.38. The number of hydrogen-bond donors (Lipinski definition) is 3. The number of ether oxygens (including phenoxy) is 1. The number of nitrogen functional groups attached to an aromatic ring is 1. The SMILES string of the molecule is Cc1ccc(OCC(=O)Nc2sc3c(c2C(=O)NN)CCCC3)cc1. The Labute approximate surface area is 150 Å². The number of anilines is 1. The second-order valence-electron chi connectivity index (χ2n) is 6.04. The van der Waals surface area contributed by atoms with Crippen molar-refractivity contribution < 1.29 is 14.3 Å². The van der Waals surface area contributed by atoms with Gasteiger partial charge in [0.1, 0.15) is 10.8 Å². The molecule has 4 N–H and O–H groups in total. The van der Waals surface area contributed by atoms with Crippen molar-refractivity contribution >= 4 is 28.2 Å². The highest BCUT2D eigenvalue weighted by Crippen LogP contribution is 2.38. The third kappa shape index (κ3) is 4.00. The molecule has 0 unspecified atom stereocenters. The third-order valence-corrected chi connectivity index (χ3v) is 5.38. The summed E-state index contributed by atoms with van der Waals surface area (Å²) in [5, 5.41) is 3.35. The van der Waals surface area contributed by atoms with Crippen molar-refractivity contribution in [3.63, 3.8) is 0 Å². The minimum atomic E-state index is -0.367. The number of carbonyl (C=O) groups excluding carboxylic acids is 2. The molecule has 3 rings (SSSR count). The molecule has 2 aromatic rings. The van der Waals surface area contributed by atoms with Crippen molar-refractivity contribution in [2.24, 2.45) is 5.84 Å². The van der Waals surface area contributed by atoms with E-state index in [-0.39, 0.29) is 18.4 Å². The van der Waals surface area contributed by atoms with Gasteiger partial charge in [0.15, 0.2) is 6.61 Å². The van der Waals surface area contributed by atoms with Crippen molar-refractivity contribution in [2.45, 2.75) is 32.6 Å². The smallest absolute Gasteiger partial charge is 0.268 e. The zero-order valence-electron chi connectivity index (χ0n) is 14.1. The van der Waals surface area contributed by atoms with E-state index in [1.807, 2.05) is 31.2 Å². The van der Waals surface area contributed by atoms with Gasteiger partial charge < -0.3 is 10.1 Å². The lowest BCUT2D eigenvalue weighted by Crippen LogP contribution is -2.31. The lowest BCUT2D eigenvalue weighted by Gasteiger charge is -2.12. The van der Waals surface area contributed by atoms with Crippen LogP contribution in [-0.2, 0) is 17.6 Å². The second kappa shape index (κ2) is 7.67. The van der Waals surface area contributed by atoms with Gasteiger partial charge in [0.25, 0.3) is 11.8 Å². The van der Waals surface area contributed by atoms with E-state index in [1.165, 1.54) is 11.3 Å². The molecule has 1 aromatic heterocycles. The highest BCUT2D eigenvalue weighted by atomic mass is 32.1. The summed E-state index contributed by atoms with van der Waals surface area (Å²) in [5.41, 5.74) is 4.80. The Bertz CT molecular complexity index is 784. The summed E-state index contributed by atoms with van der Waals surface area (Å²) in [5.74, 6) is 5.27. The van der Waals surface area contributed by atoms with Crippen molar-refractivity contribution in [2.75, 3.05) is 11.9 Å². The minimum absolute atomic E-state index is 0.116. The number of nitrogens with two attached hydrogens (primary N) is 1.